The average molecular weight is 255 g/mol. The van der Waals surface area contributed by atoms with Crippen LogP contribution in [0.15, 0.2) is 6.07 Å². The summed E-state index contributed by atoms with van der Waals surface area (Å²) in [6.45, 7) is 8.37. The lowest BCUT2D eigenvalue weighted by Gasteiger charge is -2.22. The summed E-state index contributed by atoms with van der Waals surface area (Å²) in [7, 11) is 1.62. The fourth-order valence-corrected chi connectivity index (χ4v) is 2.75. The van der Waals surface area contributed by atoms with Crippen molar-refractivity contribution in [3.8, 4) is 0 Å². The monoisotopic (exact) mass is 255 g/mol. The van der Waals surface area contributed by atoms with Crippen molar-refractivity contribution in [2.24, 2.45) is 5.92 Å². The molecule has 0 fully saturated rings. The number of carbonyl (C=O) groups excluding carboxylic acids is 1. The van der Waals surface area contributed by atoms with Crippen LogP contribution in [0.5, 0.6) is 0 Å². The predicted molar refractivity (Wildman–Crippen MR) is 74.8 cm³/mol. The highest BCUT2D eigenvalue weighted by Crippen LogP contribution is 2.32. The van der Waals surface area contributed by atoms with Crippen molar-refractivity contribution in [3.63, 3.8) is 0 Å². The molecule has 1 aromatic heterocycles. The molecule has 1 rings (SSSR count). The highest BCUT2D eigenvalue weighted by Gasteiger charge is 2.16. The summed E-state index contributed by atoms with van der Waals surface area (Å²) in [4.78, 5) is 14.4. The Labute approximate surface area is 107 Å². The van der Waals surface area contributed by atoms with Gasteiger partial charge in [-0.05, 0) is 18.9 Å². The molecule has 4 nitrogen and oxygen atoms in total. The molecule has 0 aliphatic heterocycles. The number of nitrogens with two attached hydrogens (primary N) is 1. The minimum atomic E-state index is -0.112. The highest BCUT2D eigenvalue weighted by molar-refractivity contribution is 7.18. The van der Waals surface area contributed by atoms with E-state index in [9.17, 15) is 4.79 Å². The molecule has 1 heterocycles. The molecule has 0 aliphatic rings. The molecule has 0 unspecified atom stereocenters. The molecule has 0 saturated heterocycles. The molecule has 1 aromatic rings. The zero-order valence-corrected chi connectivity index (χ0v) is 11.7. The minimum Gasteiger partial charge on any atom is -0.397 e. The lowest BCUT2D eigenvalue weighted by Crippen LogP contribution is -2.26. The average Bonchev–Trinajstić information content (AvgIpc) is 2.66. The van der Waals surface area contributed by atoms with Gasteiger partial charge in [-0.1, -0.05) is 13.8 Å². The Bertz CT molecular complexity index is 387. The molecule has 96 valence electrons. The number of anilines is 2. The van der Waals surface area contributed by atoms with Crippen LogP contribution in [0.25, 0.3) is 0 Å². The van der Waals surface area contributed by atoms with E-state index in [1.807, 2.05) is 6.07 Å². The second kappa shape index (κ2) is 5.91. The van der Waals surface area contributed by atoms with Gasteiger partial charge < -0.3 is 16.0 Å². The van der Waals surface area contributed by atoms with Crippen molar-refractivity contribution in [2.75, 3.05) is 30.8 Å². The quantitative estimate of drug-likeness (QED) is 0.848. The van der Waals surface area contributed by atoms with E-state index in [0.29, 0.717) is 16.5 Å². The van der Waals surface area contributed by atoms with Crippen LogP contribution in [-0.4, -0.2) is 26.0 Å². The zero-order valence-electron chi connectivity index (χ0n) is 10.9. The second-order valence-electron chi connectivity index (χ2n) is 4.38. The van der Waals surface area contributed by atoms with E-state index in [1.54, 1.807) is 7.05 Å². The third kappa shape index (κ3) is 3.36. The highest BCUT2D eigenvalue weighted by atomic mass is 32.1. The molecule has 0 saturated carbocycles. The maximum absolute atomic E-state index is 11.6. The van der Waals surface area contributed by atoms with E-state index < -0.39 is 0 Å². The first-order chi connectivity index (χ1) is 7.99. The molecular formula is C12H21N3OS. The van der Waals surface area contributed by atoms with Crippen LogP contribution in [0.2, 0.25) is 0 Å². The molecular weight excluding hydrogens is 234 g/mol. The van der Waals surface area contributed by atoms with Gasteiger partial charge in [0.15, 0.2) is 0 Å². The van der Waals surface area contributed by atoms with Gasteiger partial charge in [0.25, 0.3) is 5.91 Å². The first-order valence-electron chi connectivity index (χ1n) is 5.85. The third-order valence-electron chi connectivity index (χ3n) is 2.46. The van der Waals surface area contributed by atoms with Crippen molar-refractivity contribution in [3.05, 3.63) is 10.9 Å². The van der Waals surface area contributed by atoms with Crippen LogP contribution in [0.1, 0.15) is 30.4 Å². The molecule has 0 aromatic carbocycles. The Morgan fingerprint density at radius 1 is 1.59 bits per heavy atom. The third-order valence-corrected chi connectivity index (χ3v) is 3.67. The zero-order chi connectivity index (χ0) is 13.0. The fourth-order valence-electron chi connectivity index (χ4n) is 1.65. The number of rotatable bonds is 5. The van der Waals surface area contributed by atoms with Crippen LogP contribution >= 0.6 is 11.3 Å². The van der Waals surface area contributed by atoms with E-state index in [0.717, 1.165) is 18.1 Å². The fraction of sp³-hybridized carbons (Fsp3) is 0.583. The number of nitrogens with one attached hydrogen (secondary N) is 1. The standard InChI is InChI=1S/C12H21N3OS/c1-5-15(7-8(2)3)10-6-9(13)11(17-10)12(16)14-4/h6,8H,5,7,13H2,1-4H3,(H,14,16). The summed E-state index contributed by atoms with van der Waals surface area (Å²) in [6.07, 6.45) is 0. The largest absolute Gasteiger partial charge is 0.397 e. The van der Waals surface area contributed by atoms with Gasteiger partial charge in [-0.15, -0.1) is 11.3 Å². The SMILES string of the molecule is CCN(CC(C)C)c1cc(N)c(C(=O)NC)s1. The summed E-state index contributed by atoms with van der Waals surface area (Å²) in [5, 5.41) is 3.67. The molecule has 3 N–H and O–H groups in total. The number of amides is 1. The van der Waals surface area contributed by atoms with Crippen molar-refractivity contribution in [1.29, 1.82) is 0 Å². The van der Waals surface area contributed by atoms with E-state index in [2.05, 4.69) is 31.0 Å². The van der Waals surface area contributed by atoms with Crippen molar-refractivity contribution >= 4 is 27.9 Å². The maximum atomic E-state index is 11.6. The van der Waals surface area contributed by atoms with Crippen LogP contribution in [0.4, 0.5) is 10.7 Å². The first kappa shape index (κ1) is 13.8. The van der Waals surface area contributed by atoms with Gasteiger partial charge in [0, 0.05) is 20.1 Å². The van der Waals surface area contributed by atoms with Gasteiger partial charge in [0.1, 0.15) is 4.88 Å². The molecule has 5 heteroatoms. The number of nitrogen functional groups attached to an aromatic ring is 1. The predicted octanol–water partition coefficient (Wildman–Crippen LogP) is 2.17. The van der Waals surface area contributed by atoms with Crippen LogP contribution < -0.4 is 16.0 Å². The normalized spacial score (nSPS) is 10.6. The number of hydrogen-bond acceptors (Lipinski definition) is 4. The molecule has 0 aliphatic carbocycles. The summed E-state index contributed by atoms with van der Waals surface area (Å²) >= 11 is 1.46. The van der Waals surface area contributed by atoms with Gasteiger partial charge in [0.2, 0.25) is 0 Å². The van der Waals surface area contributed by atoms with Gasteiger partial charge in [-0.2, -0.15) is 0 Å². The smallest absolute Gasteiger partial charge is 0.263 e. The lowest BCUT2D eigenvalue weighted by atomic mass is 10.2. The van der Waals surface area contributed by atoms with Crippen molar-refractivity contribution in [2.45, 2.75) is 20.8 Å². The minimum absolute atomic E-state index is 0.112. The Morgan fingerprint density at radius 2 is 2.24 bits per heavy atom. The van der Waals surface area contributed by atoms with Crippen LogP contribution in [-0.2, 0) is 0 Å². The van der Waals surface area contributed by atoms with E-state index in [4.69, 9.17) is 5.73 Å². The Kier molecular flexibility index (Phi) is 4.81. The van der Waals surface area contributed by atoms with Gasteiger partial charge in [-0.25, -0.2) is 0 Å². The second-order valence-corrected chi connectivity index (χ2v) is 5.41. The van der Waals surface area contributed by atoms with Gasteiger partial charge in [0.05, 0.1) is 10.7 Å². The number of nitrogens with zero attached hydrogens (tertiary/aromatic N) is 1. The molecule has 0 atom stereocenters. The van der Waals surface area contributed by atoms with Crippen molar-refractivity contribution < 1.29 is 4.79 Å². The first-order valence-corrected chi connectivity index (χ1v) is 6.67. The van der Waals surface area contributed by atoms with E-state index >= 15 is 0 Å². The molecule has 0 bridgehead atoms. The van der Waals surface area contributed by atoms with Crippen molar-refractivity contribution in [1.82, 2.24) is 5.32 Å². The van der Waals surface area contributed by atoms with Gasteiger partial charge in [-0.3, -0.25) is 4.79 Å². The molecule has 0 spiro atoms. The van der Waals surface area contributed by atoms with Crippen LogP contribution in [0, 0.1) is 5.92 Å². The molecule has 17 heavy (non-hydrogen) atoms. The summed E-state index contributed by atoms with van der Waals surface area (Å²) in [5.41, 5.74) is 6.43. The Morgan fingerprint density at radius 3 is 2.71 bits per heavy atom. The topological polar surface area (TPSA) is 58.4 Å². The molecule has 1 amide bonds. The van der Waals surface area contributed by atoms with E-state index in [1.165, 1.54) is 11.3 Å². The van der Waals surface area contributed by atoms with E-state index in [-0.39, 0.29) is 5.91 Å². The Balaban J connectivity index is 2.94. The molecule has 0 radical (unpaired) electrons. The summed E-state index contributed by atoms with van der Waals surface area (Å²) in [6, 6.07) is 1.89. The lowest BCUT2D eigenvalue weighted by molar-refractivity contribution is 0.0968. The van der Waals surface area contributed by atoms with Gasteiger partial charge >= 0.3 is 0 Å². The number of carbonyl (C=O) groups is 1. The number of thiophene rings is 1. The summed E-state index contributed by atoms with van der Waals surface area (Å²) in [5.74, 6) is 0.473. The Hall–Kier alpha value is -1.23. The summed E-state index contributed by atoms with van der Waals surface area (Å²) < 4.78 is 0. The number of hydrogen-bond donors (Lipinski definition) is 2. The maximum Gasteiger partial charge on any atom is 0.263 e. The van der Waals surface area contributed by atoms with Crippen LogP contribution in [0.3, 0.4) is 0 Å².